The van der Waals surface area contributed by atoms with Crippen LogP contribution in [0.25, 0.3) is 10.1 Å². The molecule has 0 aliphatic carbocycles. The molecule has 0 radical (unpaired) electrons. The number of fused-ring (bicyclic) bond motifs is 1. The smallest absolute Gasteiger partial charge is 0.327 e. The van der Waals surface area contributed by atoms with E-state index in [9.17, 15) is 4.79 Å². The Balaban J connectivity index is 1.85. The molecule has 0 saturated heterocycles. The Kier molecular flexibility index (Phi) is 4.69. The summed E-state index contributed by atoms with van der Waals surface area (Å²) in [5, 5.41) is 4.58. The zero-order valence-electron chi connectivity index (χ0n) is 13.0. The van der Waals surface area contributed by atoms with Gasteiger partial charge in [-0.2, -0.15) is 0 Å². The van der Waals surface area contributed by atoms with E-state index < -0.39 is 6.04 Å². The quantitative estimate of drug-likeness (QED) is 0.723. The molecule has 0 aliphatic rings. The Labute approximate surface area is 139 Å². The average molecular weight is 326 g/mol. The Hall–Kier alpha value is -2.24. The first-order valence-corrected chi connectivity index (χ1v) is 8.23. The van der Waals surface area contributed by atoms with Crippen molar-refractivity contribution in [3.63, 3.8) is 0 Å². The number of hydrogen-bond acceptors (Lipinski definition) is 5. The first-order valence-electron chi connectivity index (χ1n) is 7.41. The first kappa shape index (κ1) is 15.6. The van der Waals surface area contributed by atoms with Crippen LogP contribution in [0, 0.1) is 0 Å². The number of esters is 1. The number of ether oxygens (including phenoxy) is 1. The van der Waals surface area contributed by atoms with E-state index in [-0.39, 0.29) is 12.0 Å². The van der Waals surface area contributed by atoms with Crippen LogP contribution in [0.2, 0.25) is 0 Å². The topological polar surface area (TPSA) is 51.2 Å². The van der Waals surface area contributed by atoms with Crippen molar-refractivity contribution < 1.29 is 9.53 Å². The summed E-state index contributed by atoms with van der Waals surface area (Å²) in [6, 6.07) is 13.6. The molecule has 0 aliphatic heterocycles. The maximum Gasteiger partial charge on any atom is 0.327 e. The fourth-order valence-corrected chi connectivity index (χ4v) is 3.59. The van der Waals surface area contributed by atoms with Gasteiger partial charge in [0.15, 0.2) is 0 Å². The Morgan fingerprint density at radius 1 is 1.26 bits per heavy atom. The normalized spacial score (nSPS) is 13.7. The van der Waals surface area contributed by atoms with E-state index in [4.69, 9.17) is 4.74 Å². The standard InChI is InChI=1S/C18H18N2O2S/c1-12(16-10-13-6-3-4-8-15(13)23-16)20-17(18(21)22-2)14-7-5-9-19-11-14/h3-12,17,20H,1-2H3/t12-,17-/m0/s1. The number of nitrogens with zero attached hydrogens (tertiary/aromatic N) is 1. The molecule has 0 saturated carbocycles. The lowest BCUT2D eigenvalue weighted by molar-refractivity contribution is -0.143. The van der Waals surface area contributed by atoms with Gasteiger partial charge in [-0.1, -0.05) is 24.3 Å². The summed E-state index contributed by atoms with van der Waals surface area (Å²) in [5.41, 5.74) is 0.798. The lowest BCUT2D eigenvalue weighted by atomic mass is 10.1. The van der Waals surface area contributed by atoms with Crippen molar-refractivity contribution in [1.82, 2.24) is 10.3 Å². The maximum atomic E-state index is 12.1. The molecule has 3 rings (SSSR count). The minimum absolute atomic E-state index is 0.0247. The van der Waals surface area contributed by atoms with Crippen LogP contribution in [-0.4, -0.2) is 18.1 Å². The van der Waals surface area contributed by atoms with Gasteiger partial charge in [0, 0.05) is 28.0 Å². The zero-order chi connectivity index (χ0) is 16.2. The molecule has 0 unspecified atom stereocenters. The molecule has 3 aromatic rings. The molecule has 23 heavy (non-hydrogen) atoms. The minimum Gasteiger partial charge on any atom is -0.468 e. The monoisotopic (exact) mass is 326 g/mol. The zero-order valence-corrected chi connectivity index (χ0v) is 13.8. The van der Waals surface area contributed by atoms with E-state index in [1.807, 2.05) is 24.3 Å². The number of carbonyl (C=O) groups is 1. The molecule has 0 fully saturated rings. The maximum absolute atomic E-state index is 12.1. The predicted molar refractivity (Wildman–Crippen MR) is 92.4 cm³/mol. The van der Waals surface area contributed by atoms with Crippen molar-refractivity contribution in [3.8, 4) is 0 Å². The Morgan fingerprint density at radius 3 is 2.78 bits per heavy atom. The van der Waals surface area contributed by atoms with Crippen LogP contribution in [-0.2, 0) is 9.53 Å². The Bertz CT molecular complexity index is 768. The molecule has 4 nitrogen and oxygen atoms in total. The second-order valence-electron chi connectivity index (χ2n) is 5.32. The molecular weight excluding hydrogens is 308 g/mol. The van der Waals surface area contributed by atoms with Crippen molar-refractivity contribution in [2.75, 3.05) is 7.11 Å². The van der Waals surface area contributed by atoms with Gasteiger partial charge in [0.1, 0.15) is 6.04 Å². The van der Waals surface area contributed by atoms with Gasteiger partial charge < -0.3 is 4.74 Å². The SMILES string of the molecule is COC(=O)[C@@H](N[C@@H](C)c1cc2ccccc2s1)c1cccnc1. The summed E-state index contributed by atoms with van der Waals surface area (Å²) in [4.78, 5) is 17.4. The summed E-state index contributed by atoms with van der Waals surface area (Å²) < 4.78 is 6.18. The molecule has 118 valence electrons. The van der Waals surface area contributed by atoms with Gasteiger partial charge in [-0.3, -0.25) is 10.3 Å². The molecule has 2 heterocycles. The van der Waals surface area contributed by atoms with Crippen molar-refractivity contribution in [1.29, 1.82) is 0 Å². The number of carbonyl (C=O) groups excluding carboxylic acids is 1. The number of aromatic nitrogens is 1. The predicted octanol–water partition coefficient (Wildman–Crippen LogP) is 3.86. The number of nitrogens with one attached hydrogen (secondary N) is 1. The van der Waals surface area contributed by atoms with Crippen LogP contribution in [0.3, 0.4) is 0 Å². The van der Waals surface area contributed by atoms with Crippen LogP contribution in [0.1, 0.15) is 29.4 Å². The lowest BCUT2D eigenvalue weighted by Crippen LogP contribution is -2.31. The molecule has 0 amide bonds. The third-order valence-corrected chi connectivity index (χ3v) is 5.04. The molecule has 0 bridgehead atoms. The third kappa shape index (κ3) is 3.41. The van der Waals surface area contributed by atoms with E-state index in [0.717, 1.165) is 5.56 Å². The van der Waals surface area contributed by atoms with Crippen molar-refractivity contribution >= 4 is 27.4 Å². The van der Waals surface area contributed by atoms with Gasteiger partial charge in [-0.25, -0.2) is 4.79 Å². The second-order valence-corrected chi connectivity index (χ2v) is 6.43. The van der Waals surface area contributed by atoms with Crippen LogP contribution in [0.15, 0.2) is 54.9 Å². The second kappa shape index (κ2) is 6.89. The van der Waals surface area contributed by atoms with Crippen LogP contribution >= 0.6 is 11.3 Å². The molecule has 2 atom stereocenters. The highest BCUT2D eigenvalue weighted by Gasteiger charge is 2.24. The number of pyridine rings is 1. The largest absolute Gasteiger partial charge is 0.468 e. The van der Waals surface area contributed by atoms with Gasteiger partial charge in [0.25, 0.3) is 0 Å². The third-order valence-electron chi connectivity index (χ3n) is 3.74. The highest BCUT2D eigenvalue weighted by atomic mass is 32.1. The summed E-state index contributed by atoms with van der Waals surface area (Å²) >= 11 is 1.73. The minimum atomic E-state index is -0.533. The highest BCUT2D eigenvalue weighted by molar-refractivity contribution is 7.19. The van der Waals surface area contributed by atoms with E-state index in [2.05, 4.69) is 35.4 Å². The molecular formula is C18H18N2O2S. The molecule has 1 aromatic carbocycles. The fraction of sp³-hybridized carbons (Fsp3) is 0.222. The van der Waals surface area contributed by atoms with E-state index in [0.29, 0.717) is 0 Å². The Morgan fingerprint density at radius 2 is 2.09 bits per heavy atom. The number of benzene rings is 1. The van der Waals surface area contributed by atoms with Crippen LogP contribution in [0.5, 0.6) is 0 Å². The van der Waals surface area contributed by atoms with Crippen molar-refractivity contribution in [3.05, 3.63) is 65.3 Å². The van der Waals surface area contributed by atoms with E-state index >= 15 is 0 Å². The van der Waals surface area contributed by atoms with Gasteiger partial charge in [-0.15, -0.1) is 11.3 Å². The van der Waals surface area contributed by atoms with Gasteiger partial charge in [0.2, 0.25) is 0 Å². The molecule has 1 N–H and O–H groups in total. The number of methoxy groups -OCH3 is 1. The van der Waals surface area contributed by atoms with E-state index in [1.165, 1.54) is 22.1 Å². The highest BCUT2D eigenvalue weighted by Crippen LogP contribution is 2.31. The summed E-state index contributed by atoms with van der Waals surface area (Å²) in [6.07, 6.45) is 3.37. The number of rotatable bonds is 5. The summed E-state index contributed by atoms with van der Waals surface area (Å²) in [7, 11) is 1.40. The summed E-state index contributed by atoms with van der Waals surface area (Å²) in [5.74, 6) is -0.314. The first-order chi connectivity index (χ1) is 11.2. The van der Waals surface area contributed by atoms with Crippen molar-refractivity contribution in [2.24, 2.45) is 0 Å². The van der Waals surface area contributed by atoms with E-state index in [1.54, 1.807) is 23.7 Å². The van der Waals surface area contributed by atoms with Crippen LogP contribution in [0.4, 0.5) is 0 Å². The summed E-state index contributed by atoms with van der Waals surface area (Å²) in [6.45, 7) is 2.05. The van der Waals surface area contributed by atoms with Crippen LogP contribution < -0.4 is 5.32 Å². The number of hydrogen-bond donors (Lipinski definition) is 1. The van der Waals surface area contributed by atoms with Gasteiger partial charge >= 0.3 is 5.97 Å². The number of thiophene rings is 1. The fourth-order valence-electron chi connectivity index (χ4n) is 2.51. The van der Waals surface area contributed by atoms with Gasteiger partial charge in [-0.05, 0) is 36.1 Å². The average Bonchev–Trinajstić information content (AvgIpc) is 3.04. The van der Waals surface area contributed by atoms with Gasteiger partial charge in [0.05, 0.1) is 7.11 Å². The molecule has 5 heteroatoms. The lowest BCUT2D eigenvalue weighted by Gasteiger charge is -2.20. The van der Waals surface area contributed by atoms with Crippen molar-refractivity contribution in [2.45, 2.75) is 19.0 Å². The molecule has 2 aromatic heterocycles. The molecule has 0 spiro atoms.